The number of ether oxygens (including phenoxy) is 2. The van der Waals surface area contributed by atoms with Crippen LogP contribution in [0.5, 0.6) is 5.75 Å². The Balaban J connectivity index is 1.75. The fourth-order valence-electron chi connectivity index (χ4n) is 2.24. The van der Waals surface area contributed by atoms with Crippen molar-refractivity contribution in [1.82, 2.24) is 0 Å². The summed E-state index contributed by atoms with van der Waals surface area (Å²) in [6, 6.07) is 11.2. The van der Waals surface area contributed by atoms with Crippen molar-refractivity contribution in [2.24, 2.45) is 0 Å². The third-order valence-electron chi connectivity index (χ3n) is 3.58. The second-order valence-corrected chi connectivity index (χ2v) is 5.64. The van der Waals surface area contributed by atoms with Gasteiger partial charge < -0.3 is 14.4 Å². The average Bonchev–Trinajstić information content (AvgIpc) is 2.60. The van der Waals surface area contributed by atoms with Crippen LogP contribution in [0.2, 0.25) is 0 Å². The van der Waals surface area contributed by atoms with Gasteiger partial charge in [-0.1, -0.05) is 0 Å². The van der Waals surface area contributed by atoms with Crippen molar-refractivity contribution in [2.45, 2.75) is 19.9 Å². The van der Waals surface area contributed by atoms with Gasteiger partial charge in [0, 0.05) is 38.3 Å². The van der Waals surface area contributed by atoms with Gasteiger partial charge >= 0.3 is 5.97 Å². The summed E-state index contributed by atoms with van der Waals surface area (Å²) in [5.41, 5.74) is 1.73. The topological polar surface area (TPSA) is 42.7 Å². The molecule has 0 aliphatic carbocycles. The number of rotatable bonds is 8. The minimum absolute atomic E-state index is 0.304. The van der Waals surface area contributed by atoms with Gasteiger partial charge in [-0.2, -0.15) is 0 Å². The van der Waals surface area contributed by atoms with E-state index in [0.29, 0.717) is 18.8 Å². The number of hydrogen-bond acceptors (Lipinski definition) is 4. The van der Waals surface area contributed by atoms with Crippen molar-refractivity contribution in [1.29, 1.82) is 0 Å². The number of carbonyl (C=O) groups is 1. The first-order valence-corrected chi connectivity index (χ1v) is 8.16. The van der Waals surface area contributed by atoms with Crippen LogP contribution in [-0.4, -0.2) is 33.3 Å². The van der Waals surface area contributed by atoms with Gasteiger partial charge in [0.15, 0.2) is 18.9 Å². The number of pyridine rings is 1. The number of hydrogen-bond donors (Lipinski definition) is 0. The third-order valence-corrected chi connectivity index (χ3v) is 3.58. The fourth-order valence-corrected chi connectivity index (χ4v) is 2.24. The predicted octanol–water partition coefficient (Wildman–Crippen LogP) is 2.69. The molecule has 1 aromatic carbocycles. The molecule has 0 radical (unpaired) electrons. The Morgan fingerprint density at radius 1 is 1.08 bits per heavy atom. The van der Waals surface area contributed by atoms with Crippen molar-refractivity contribution >= 4 is 11.7 Å². The highest BCUT2D eigenvalue weighted by Gasteiger charge is 2.06. The maximum atomic E-state index is 11.6. The third kappa shape index (κ3) is 5.26. The Morgan fingerprint density at radius 2 is 1.75 bits per heavy atom. The van der Waals surface area contributed by atoms with Crippen molar-refractivity contribution in [3.63, 3.8) is 0 Å². The van der Waals surface area contributed by atoms with Crippen LogP contribution >= 0.6 is 0 Å². The van der Waals surface area contributed by atoms with Gasteiger partial charge in [0.05, 0.1) is 18.8 Å². The van der Waals surface area contributed by atoms with Crippen LogP contribution in [0, 0.1) is 0 Å². The van der Waals surface area contributed by atoms with E-state index < -0.39 is 0 Å². The molecule has 0 saturated heterocycles. The molecule has 0 saturated carbocycles. The van der Waals surface area contributed by atoms with Crippen LogP contribution in [0.1, 0.15) is 23.7 Å². The first-order chi connectivity index (χ1) is 11.6. The smallest absolute Gasteiger partial charge is 0.338 e. The molecule has 5 heteroatoms. The predicted molar refractivity (Wildman–Crippen MR) is 93.5 cm³/mol. The summed E-state index contributed by atoms with van der Waals surface area (Å²) < 4.78 is 12.8. The van der Waals surface area contributed by atoms with E-state index in [0.717, 1.165) is 18.7 Å². The molecule has 5 nitrogen and oxygen atoms in total. The minimum atomic E-state index is -0.304. The van der Waals surface area contributed by atoms with Crippen LogP contribution in [0.15, 0.2) is 48.8 Å². The van der Waals surface area contributed by atoms with Gasteiger partial charge in [0.2, 0.25) is 0 Å². The summed E-state index contributed by atoms with van der Waals surface area (Å²) >= 11 is 0. The van der Waals surface area contributed by atoms with Gasteiger partial charge in [-0.15, -0.1) is 0 Å². The zero-order chi connectivity index (χ0) is 17.4. The summed E-state index contributed by atoms with van der Waals surface area (Å²) in [7, 11) is 4.06. The molecule has 24 heavy (non-hydrogen) atoms. The average molecular weight is 329 g/mol. The summed E-state index contributed by atoms with van der Waals surface area (Å²) in [6.45, 7) is 3.70. The Labute approximate surface area is 143 Å². The number of esters is 1. The van der Waals surface area contributed by atoms with Crippen molar-refractivity contribution in [3.05, 3.63) is 54.4 Å². The molecule has 1 aromatic heterocycles. The van der Waals surface area contributed by atoms with Gasteiger partial charge in [0.25, 0.3) is 0 Å². The standard InChI is InChI=1S/C19H25N2O3/c1-4-23-19(22)16-6-8-18(9-7-16)24-15-5-12-21-13-10-17(11-14-21)20(2)3/h6-11,13-14H,4-5,12,15H2,1-3H3/q+1. The normalized spacial score (nSPS) is 10.3. The molecule has 1 heterocycles. The molecule has 0 aliphatic rings. The van der Waals surface area contributed by atoms with E-state index in [1.807, 2.05) is 14.1 Å². The first-order valence-electron chi connectivity index (χ1n) is 8.16. The van der Waals surface area contributed by atoms with Crippen LogP contribution in [-0.2, 0) is 11.3 Å². The number of nitrogens with zero attached hydrogens (tertiary/aromatic N) is 2. The minimum Gasteiger partial charge on any atom is -0.493 e. The molecular formula is C19H25N2O3+. The highest BCUT2D eigenvalue weighted by Crippen LogP contribution is 2.13. The second-order valence-electron chi connectivity index (χ2n) is 5.64. The van der Waals surface area contributed by atoms with Crippen LogP contribution < -0.4 is 14.2 Å². The Morgan fingerprint density at radius 3 is 2.33 bits per heavy atom. The highest BCUT2D eigenvalue weighted by molar-refractivity contribution is 5.89. The lowest BCUT2D eigenvalue weighted by Crippen LogP contribution is -2.33. The van der Waals surface area contributed by atoms with E-state index in [2.05, 4.69) is 34.0 Å². The number of aromatic nitrogens is 1. The van der Waals surface area contributed by atoms with Crippen LogP contribution in [0.3, 0.4) is 0 Å². The van der Waals surface area contributed by atoms with Crippen LogP contribution in [0.25, 0.3) is 0 Å². The first kappa shape index (κ1) is 17.8. The maximum Gasteiger partial charge on any atom is 0.338 e. The molecule has 0 fully saturated rings. The lowest BCUT2D eigenvalue weighted by molar-refractivity contribution is -0.697. The van der Waals surface area contributed by atoms with Gasteiger partial charge in [-0.25, -0.2) is 9.36 Å². The monoisotopic (exact) mass is 329 g/mol. The molecule has 0 spiro atoms. The lowest BCUT2D eigenvalue weighted by atomic mass is 10.2. The molecule has 128 valence electrons. The molecule has 0 amide bonds. The largest absolute Gasteiger partial charge is 0.493 e. The van der Waals surface area contributed by atoms with E-state index in [1.54, 1.807) is 31.2 Å². The molecule has 0 atom stereocenters. The number of carbonyl (C=O) groups excluding carboxylic acids is 1. The molecule has 0 unspecified atom stereocenters. The SMILES string of the molecule is CCOC(=O)c1ccc(OCCC[n+]2ccc(N(C)C)cc2)cc1. The highest BCUT2D eigenvalue weighted by atomic mass is 16.5. The Kier molecular flexibility index (Phi) is 6.61. The van der Waals surface area contributed by atoms with Crippen molar-refractivity contribution in [2.75, 3.05) is 32.2 Å². The van der Waals surface area contributed by atoms with Crippen molar-refractivity contribution < 1.29 is 18.8 Å². The van der Waals surface area contributed by atoms with E-state index in [1.165, 1.54) is 5.69 Å². The Hall–Kier alpha value is -2.56. The molecule has 0 N–H and O–H groups in total. The van der Waals surface area contributed by atoms with E-state index in [4.69, 9.17) is 9.47 Å². The number of anilines is 1. The number of benzene rings is 1. The lowest BCUT2D eigenvalue weighted by Gasteiger charge is -2.10. The molecule has 0 bridgehead atoms. The summed E-state index contributed by atoms with van der Waals surface area (Å²) in [4.78, 5) is 13.6. The molecular weight excluding hydrogens is 304 g/mol. The van der Waals surface area contributed by atoms with E-state index in [-0.39, 0.29) is 5.97 Å². The van der Waals surface area contributed by atoms with Crippen LogP contribution in [0.4, 0.5) is 5.69 Å². The van der Waals surface area contributed by atoms with Gasteiger partial charge in [0.1, 0.15) is 5.75 Å². The second kappa shape index (κ2) is 8.91. The molecule has 0 aliphatic heterocycles. The molecule has 2 rings (SSSR count). The fraction of sp³-hybridized carbons (Fsp3) is 0.368. The summed E-state index contributed by atoms with van der Waals surface area (Å²) in [6.07, 6.45) is 5.05. The number of aryl methyl sites for hydroxylation is 1. The van der Waals surface area contributed by atoms with Gasteiger partial charge in [-0.3, -0.25) is 0 Å². The quantitative estimate of drug-likeness (QED) is 0.424. The van der Waals surface area contributed by atoms with Gasteiger partial charge in [-0.05, 0) is 31.2 Å². The Bertz CT molecular complexity index is 637. The van der Waals surface area contributed by atoms with E-state index >= 15 is 0 Å². The van der Waals surface area contributed by atoms with E-state index in [9.17, 15) is 4.79 Å². The maximum absolute atomic E-state index is 11.6. The summed E-state index contributed by atoms with van der Waals surface area (Å²) in [5, 5.41) is 0. The summed E-state index contributed by atoms with van der Waals surface area (Å²) in [5.74, 6) is 0.456. The zero-order valence-electron chi connectivity index (χ0n) is 14.6. The molecule has 2 aromatic rings. The van der Waals surface area contributed by atoms with Crippen molar-refractivity contribution in [3.8, 4) is 5.75 Å². The zero-order valence-corrected chi connectivity index (χ0v) is 14.6.